The molecule has 7 nitrogen and oxygen atoms in total. The molecule has 0 aliphatic rings. The van der Waals surface area contributed by atoms with Crippen molar-refractivity contribution in [2.45, 2.75) is 25.8 Å². The Balaban J connectivity index is 2.27. The van der Waals surface area contributed by atoms with E-state index in [1.165, 1.54) is 12.1 Å². The van der Waals surface area contributed by atoms with E-state index in [1.807, 2.05) is 43.3 Å². The number of nitriles is 1. The highest BCUT2D eigenvalue weighted by Gasteiger charge is 2.18. The van der Waals surface area contributed by atoms with Crippen LogP contribution < -0.4 is 5.32 Å². The van der Waals surface area contributed by atoms with E-state index in [4.69, 9.17) is 0 Å². The van der Waals surface area contributed by atoms with Crippen molar-refractivity contribution < 1.29 is 14.8 Å². The minimum Gasteiger partial charge on any atom is -0.502 e. The van der Waals surface area contributed by atoms with Gasteiger partial charge in [-0.15, -0.1) is 0 Å². The molecule has 0 radical (unpaired) electrons. The number of phenols is 1. The summed E-state index contributed by atoms with van der Waals surface area (Å²) in [5, 5.41) is 32.6. The number of amides is 1. The number of nitro groups is 1. The average Bonchev–Trinajstić information content (AvgIpc) is 2.67. The van der Waals surface area contributed by atoms with Crippen molar-refractivity contribution in [2.75, 3.05) is 0 Å². The zero-order chi connectivity index (χ0) is 19.8. The summed E-state index contributed by atoms with van der Waals surface area (Å²) < 4.78 is 0. The van der Waals surface area contributed by atoms with Crippen molar-refractivity contribution in [1.29, 1.82) is 5.26 Å². The number of aromatic hydroxyl groups is 1. The lowest BCUT2D eigenvalue weighted by molar-refractivity contribution is -0.385. The molecule has 0 saturated heterocycles. The number of nitrogens with one attached hydrogen (secondary N) is 1. The predicted molar refractivity (Wildman–Crippen MR) is 101 cm³/mol. The van der Waals surface area contributed by atoms with Crippen molar-refractivity contribution in [2.24, 2.45) is 0 Å². The molecule has 0 bridgehead atoms. The summed E-state index contributed by atoms with van der Waals surface area (Å²) in [5.74, 6) is -1.04. The van der Waals surface area contributed by atoms with Crippen molar-refractivity contribution >= 4 is 17.7 Å². The molecule has 7 heteroatoms. The fraction of sp³-hybridized carbons (Fsp3) is 0.200. The normalized spacial score (nSPS) is 12.1. The summed E-state index contributed by atoms with van der Waals surface area (Å²) >= 11 is 0. The molecule has 0 saturated carbocycles. The molecule has 0 unspecified atom stereocenters. The van der Waals surface area contributed by atoms with Gasteiger partial charge in [-0.1, -0.05) is 49.7 Å². The summed E-state index contributed by atoms with van der Waals surface area (Å²) in [5.41, 5.74) is 0.546. The number of hydrogen-bond donors (Lipinski definition) is 2. The molecule has 2 aromatic carbocycles. The minimum absolute atomic E-state index is 0.174. The number of phenolic OH excluding ortho intramolecular Hbond substituents is 1. The first-order valence-electron chi connectivity index (χ1n) is 8.41. The van der Waals surface area contributed by atoms with Crippen LogP contribution in [0.25, 0.3) is 6.08 Å². The largest absolute Gasteiger partial charge is 0.502 e. The Morgan fingerprint density at radius 3 is 2.63 bits per heavy atom. The second-order valence-electron chi connectivity index (χ2n) is 5.90. The fourth-order valence-electron chi connectivity index (χ4n) is 2.62. The van der Waals surface area contributed by atoms with Gasteiger partial charge in [0.05, 0.1) is 11.0 Å². The van der Waals surface area contributed by atoms with E-state index in [0.29, 0.717) is 6.42 Å². The molecule has 2 rings (SSSR count). The van der Waals surface area contributed by atoms with Gasteiger partial charge < -0.3 is 10.4 Å². The molecular weight excluding hydrogens is 346 g/mol. The van der Waals surface area contributed by atoms with Gasteiger partial charge in [0, 0.05) is 6.07 Å². The lowest BCUT2D eigenvalue weighted by Gasteiger charge is -2.18. The highest BCUT2D eigenvalue weighted by Crippen LogP contribution is 2.27. The van der Waals surface area contributed by atoms with Crippen LogP contribution >= 0.6 is 0 Å². The second kappa shape index (κ2) is 9.15. The highest BCUT2D eigenvalue weighted by molar-refractivity contribution is 6.02. The average molecular weight is 365 g/mol. The zero-order valence-electron chi connectivity index (χ0n) is 14.8. The van der Waals surface area contributed by atoms with E-state index in [-0.39, 0.29) is 17.2 Å². The van der Waals surface area contributed by atoms with E-state index >= 15 is 0 Å². The summed E-state index contributed by atoms with van der Waals surface area (Å²) in [6.07, 6.45) is 2.81. The molecule has 0 fully saturated rings. The smallest absolute Gasteiger partial charge is 0.311 e. The van der Waals surface area contributed by atoms with Crippen LogP contribution in [-0.4, -0.2) is 15.9 Å². The Morgan fingerprint density at radius 1 is 1.33 bits per heavy atom. The third kappa shape index (κ3) is 5.16. The number of carbonyl (C=O) groups is 1. The summed E-state index contributed by atoms with van der Waals surface area (Å²) in [6, 6.07) is 14.7. The molecule has 1 amide bonds. The van der Waals surface area contributed by atoms with Gasteiger partial charge >= 0.3 is 5.69 Å². The van der Waals surface area contributed by atoms with E-state index in [2.05, 4.69) is 5.32 Å². The number of hydrogen-bond acceptors (Lipinski definition) is 5. The number of carbonyl (C=O) groups excluding carboxylic acids is 1. The molecular formula is C20H19N3O4. The van der Waals surface area contributed by atoms with Gasteiger partial charge in [-0.25, -0.2) is 0 Å². The van der Waals surface area contributed by atoms with Gasteiger partial charge in [0.2, 0.25) is 0 Å². The topological polar surface area (TPSA) is 116 Å². The maximum Gasteiger partial charge on any atom is 0.311 e. The van der Waals surface area contributed by atoms with Gasteiger partial charge in [-0.05, 0) is 29.7 Å². The van der Waals surface area contributed by atoms with Crippen LogP contribution in [0.3, 0.4) is 0 Å². The molecule has 138 valence electrons. The molecule has 1 atom stereocenters. The Hall–Kier alpha value is -3.66. The quantitative estimate of drug-likeness (QED) is 0.334. The second-order valence-corrected chi connectivity index (χ2v) is 5.90. The van der Waals surface area contributed by atoms with Crippen molar-refractivity contribution in [3.05, 3.63) is 75.3 Å². The van der Waals surface area contributed by atoms with Crippen molar-refractivity contribution in [1.82, 2.24) is 5.32 Å². The molecule has 0 aliphatic heterocycles. The summed E-state index contributed by atoms with van der Waals surface area (Å²) in [4.78, 5) is 22.7. The lowest BCUT2D eigenvalue weighted by Crippen LogP contribution is -2.29. The zero-order valence-corrected chi connectivity index (χ0v) is 14.8. The van der Waals surface area contributed by atoms with Crippen LogP contribution in [0.15, 0.2) is 54.1 Å². The monoisotopic (exact) mass is 365 g/mol. The van der Waals surface area contributed by atoms with Gasteiger partial charge in [0.1, 0.15) is 11.6 Å². The minimum atomic E-state index is -0.731. The van der Waals surface area contributed by atoms with Crippen LogP contribution in [0.4, 0.5) is 5.69 Å². The summed E-state index contributed by atoms with van der Waals surface area (Å²) in [7, 11) is 0. The Bertz CT molecular complexity index is 901. The molecule has 27 heavy (non-hydrogen) atoms. The molecule has 2 N–H and O–H groups in total. The number of nitro benzene ring substituents is 1. The first kappa shape index (κ1) is 19.7. The predicted octanol–water partition coefficient (Wildman–Crippen LogP) is 3.86. The van der Waals surface area contributed by atoms with E-state index in [9.17, 15) is 25.3 Å². The maximum atomic E-state index is 12.5. The number of benzene rings is 2. The van der Waals surface area contributed by atoms with E-state index in [1.54, 1.807) is 0 Å². The molecule has 0 aromatic heterocycles. The fourth-order valence-corrected chi connectivity index (χ4v) is 2.62. The first-order valence-corrected chi connectivity index (χ1v) is 8.41. The SMILES string of the molecule is CCC[C@H](NC(=O)/C(C#N)=C/c1ccc(O)c([N+](=O)[O-])c1)c1ccccc1. The number of nitrogens with zero attached hydrogens (tertiary/aromatic N) is 2. The van der Waals surface area contributed by atoms with Crippen LogP contribution in [-0.2, 0) is 4.79 Å². The van der Waals surface area contributed by atoms with E-state index in [0.717, 1.165) is 24.1 Å². The lowest BCUT2D eigenvalue weighted by atomic mass is 10.0. The molecule has 2 aromatic rings. The first-order chi connectivity index (χ1) is 13.0. The third-order valence-corrected chi connectivity index (χ3v) is 3.96. The van der Waals surface area contributed by atoms with Crippen LogP contribution in [0.5, 0.6) is 5.75 Å². The molecule has 0 heterocycles. The summed E-state index contributed by atoms with van der Waals surface area (Å²) in [6.45, 7) is 2.00. The molecule has 0 spiro atoms. The van der Waals surface area contributed by atoms with Crippen LogP contribution in [0.2, 0.25) is 0 Å². The molecule has 0 aliphatic carbocycles. The van der Waals surface area contributed by atoms with Crippen molar-refractivity contribution in [3.63, 3.8) is 0 Å². The number of rotatable bonds is 7. The van der Waals surface area contributed by atoms with Gasteiger partial charge in [0.15, 0.2) is 5.75 Å². The van der Waals surface area contributed by atoms with Crippen LogP contribution in [0, 0.1) is 21.4 Å². The Labute approximate surface area is 156 Å². The van der Waals surface area contributed by atoms with Gasteiger partial charge in [-0.3, -0.25) is 14.9 Å². The van der Waals surface area contributed by atoms with E-state index < -0.39 is 22.3 Å². The standard InChI is InChI=1S/C20H19N3O4/c1-2-6-17(15-7-4-3-5-8-15)22-20(25)16(13-21)11-14-9-10-19(24)18(12-14)23(26)27/h3-5,7-12,17,24H,2,6H2,1H3,(H,22,25)/b16-11+/t17-/m0/s1. The van der Waals surface area contributed by atoms with Gasteiger partial charge in [0.25, 0.3) is 5.91 Å². The Morgan fingerprint density at radius 2 is 2.04 bits per heavy atom. The van der Waals surface area contributed by atoms with Gasteiger partial charge in [-0.2, -0.15) is 5.26 Å². The van der Waals surface area contributed by atoms with Crippen molar-refractivity contribution in [3.8, 4) is 11.8 Å². The maximum absolute atomic E-state index is 12.5. The third-order valence-electron chi connectivity index (χ3n) is 3.96. The Kier molecular flexibility index (Phi) is 6.67. The highest BCUT2D eigenvalue weighted by atomic mass is 16.6. The van der Waals surface area contributed by atoms with Crippen LogP contribution in [0.1, 0.15) is 36.9 Å².